The first kappa shape index (κ1) is 36.2. The van der Waals surface area contributed by atoms with E-state index in [1.807, 2.05) is 18.2 Å². The van der Waals surface area contributed by atoms with Crippen molar-refractivity contribution in [2.24, 2.45) is 4.99 Å². The maximum atomic E-state index is 5.56. The summed E-state index contributed by atoms with van der Waals surface area (Å²) in [5, 5.41) is 7.44. The zero-order chi connectivity index (χ0) is 41.5. The van der Waals surface area contributed by atoms with Crippen molar-refractivity contribution in [1.82, 2.24) is 9.13 Å². The van der Waals surface area contributed by atoms with E-state index in [0.29, 0.717) is 0 Å². The molecule has 7 aromatic carbocycles. The van der Waals surface area contributed by atoms with Gasteiger partial charge in [-0.05, 0) is 125 Å². The monoisotopic (exact) mass is 793 g/mol. The van der Waals surface area contributed by atoms with Crippen LogP contribution < -0.4 is 0 Å². The summed E-state index contributed by atoms with van der Waals surface area (Å²) in [6.45, 7) is 8.73. The Hall–Kier alpha value is -7.71. The predicted octanol–water partition coefficient (Wildman–Crippen LogP) is 15.3. The largest absolute Gasteiger partial charge is 0.310 e. The van der Waals surface area contributed by atoms with Crippen molar-refractivity contribution in [2.75, 3.05) is 0 Å². The third-order valence-electron chi connectivity index (χ3n) is 13.5. The molecule has 3 aliphatic rings. The van der Waals surface area contributed by atoms with E-state index >= 15 is 0 Å². The van der Waals surface area contributed by atoms with Gasteiger partial charge in [0.2, 0.25) is 0 Å². The summed E-state index contributed by atoms with van der Waals surface area (Å²) in [7, 11) is 0. The first-order valence-corrected chi connectivity index (χ1v) is 21.6. The highest BCUT2D eigenvalue weighted by molar-refractivity contribution is 6.24. The number of hydrogen-bond acceptors (Lipinski definition) is 1. The predicted molar refractivity (Wildman–Crippen MR) is 264 cm³/mol. The normalized spacial score (nSPS) is 17.7. The molecule has 1 atom stereocenters. The molecule has 9 aromatic rings. The van der Waals surface area contributed by atoms with E-state index in [0.717, 1.165) is 46.5 Å². The summed E-state index contributed by atoms with van der Waals surface area (Å²) in [5.74, 6) is 0.896. The van der Waals surface area contributed by atoms with Crippen LogP contribution in [-0.2, 0) is 5.41 Å². The van der Waals surface area contributed by atoms with Crippen LogP contribution >= 0.6 is 0 Å². The zero-order valence-electron chi connectivity index (χ0n) is 34.9. The van der Waals surface area contributed by atoms with Crippen LogP contribution in [0.5, 0.6) is 0 Å². The molecule has 3 heteroatoms. The average Bonchev–Trinajstić information content (AvgIpc) is 3.94. The molecule has 0 spiro atoms. The second-order valence-electron chi connectivity index (χ2n) is 17.0. The summed E-state index contributed by atoms with van der Waals surface area (Å²) >= 11 is 0. The van der Waals surface area contributed by atoms with E-state index in [-0.39, 0.29) is 5.41 Å². The number of hydrogen-bond donors (Lipinski definition) is 0. The Kier molecular flexibility index (Phi) is 8.12. The van der Waals surface area contributed by atoms with Crippen LogP contribution in [0.2, 0.25) is 0 Å². The van der Waals surface area contributed by atoms with Gasteiger partial charge in [-0.3, -0.25) is 4.57 Å². The third kappa shape index (κ3) is 5.35. The molecule has 1 unspecified atom stereocenters. The SMILES string of the molecule is C=CC1(C)c2ccccc2-c2ccc(/C(N=C(C)n3c4ccccc4c4c5ccc(-c6ccc7c8ccccc8n(C8=CCCC=C8)c7c6)cc5ccc43)=C3/C=C=CC=C3)cc21. The fourth-order valence-corrected chi connectivity index (χ4v) is 10.5. The molecule has 0 saturated heterocycles. The molecule has 294 valence electrons. The fourth-order valence-electron chi connectivity index (χ4n) is 10.5. The minimum Gasteiger partial charge on any atom is -0.310 e. The highest BCUT2D eigenvalue weighted by atomic mass is 15.1. The third-order valence-corrected chi connectivity index (χ3v) is 13.5. The topological polar surface area (TPSA) is 22.2 Å². The van der Waals surface area contributed by atoms with Gasteiger partial charge >= 0.3 is 0 Å². The summed E-state index contributed by atoms with van der Waals surface area (Å²) in [5.41, 5.74) is 19.5. The van der Waals surface area contributed by atoms with Crippen LogP contribution in [-0.4, -0.2) is 15.0 Å². The van der Waals surface area contributed by atoms with Crippen LogP contribution in [0.4, 0.5) is 0 Å². The standard InChI is InChI=1S/C59H43N3/c1-4-59(3)51-24-14-11-21-46(51)47-32-29-43(36-52(47)59)58(39-17-7-5-8-18-39)60-38(2)61-54-26-16-13-23-50(54)57-45-31-27-40(35-42(45)30-34-55(57)61)41-28-33-49-48-22-12-15-25-53(48)62(56(49)37-41)44-19-9-6-10-20-44/h4-5,7,9,11-37H,1,6,10H2,2-3H3/b58-39-,60-38?. The average molecular weight is 794 g/mol. The first-order chi connectivity index (χ1) is 30.5. The van der Waals surface area contributed by atoms with E-state index in [4.69, 9.17) is 4.99 Å². The molecule has 0 aliphatic heterocycles. The maximum Gasteiger partial charge on any atom is 0.111 e. The summed E-state index contributed by atoms with van der Waals surface area (Å²) < 4.78 is 4.77. The van der Waals surface area contributed by atoms with Gasteiger partial charge in [-0.1, -0.05) is 134 Å². The lowest BCUT2D eigenvalue weighted by atomic mass is 9.80. The molecular formula is C59H43N3. The van der Waals surface area contributed by atoms with Crippen molar-refractivity contribution in [3.8, 4) is 22.3 Å². The number of aromatic nitrogens is 2. The number of allylic oxidation sites excluding steroid dienone is 9. The van der Waals surface area contributed by atoms with Gasteiger partial charge in [0.25, 0.3) is 0 Å². The molecule has 2 heterocycles. The minimum absolute atomic E-state index is 0.306. The Morgan fingerprint density at radius 3 is 2.26 bits per heavy atom. The summed E-state index contributed by atoms with van der Waals surface area (Å²) in [6.07, 6.45) is 19.3. The molecular weight excluding hydrogens is 751 g/mol. The molecule has 62 heavy (non-hydrogen) atoms. The Labute approximate surface area is 361 Å². The fraction of sp³-hybridized carbons (Fsp3) is 0.0847. The molecule has 0 fully saturated rings. The van der Waals surface area contributed by atoms with Crippen LogP contribution in [0, 0.1) is 0 Å². The van der Waals surface area contributed by atoms with E-state index in [1.165, 1.54) is 82.4 Å². The van der Waals surface area contributed by atoms with Gasteiger partial charge in [0.05, 0.1) is 27.8 Å². The number of para-hydroxylation sites is 2. The van der Waals surface area contributed by atoms with Gasteiger partial charge < -0.3 is 4.57 Å². The molecule has 3 aliphatic carbocycles. The number of nitrogens with zero attached hydrogens (tertiary/aromatic N) is 3. The van der Waals surface area contributed by atoms with E-state index < -0.39 is 0 Å². The van der Waals surface area contributed by atoms with Crippen molar-refractivity contribution in [3.05, 3.63) is 223 Å². The van der Waals surface area contributed by atoms with E-state index in [1.54, 1.807) is 0 Å². The van der Waals surface area contributed by atoms with Crippen molar-refractivity contribution < 1.29 is 0 Å². The van der Waals surface area contributed by atoms with Crippen molar-refractivity contribution >= 4 is 71.6 Å². The molecule has 0 radical (unpaired) electrons. The Morgan fingerprint density at radius 1 is 0.677 bits per heavy atom. The van der Waals surface area contributed by atoms with Gasteiger partial charge in [0.1, 0.15) is 5.84 Å². The number of rotatable bonds is 5. The molecule has 0 bridgehead atoms. The first-order valence-electron chi connectivity index (χ1n) is 21.6. The van der Waals surface area contributed by atoms with Gasteiger partial charge in [0, 0.05) is 43.8 Å². The molecule has 0 saturated carbocycles. The molecule has 12 rings (SSSR count). The Bertz CT molecular complexity index is 3660. The second-order valence-corrected chi connectivity index (χ2v) is 17.0. The van der Waals surface area contributed by atoms with Gasteiger partial charge in [-0.15, -0.1) is 12.3 Å². The van der Waals surface area contributed by atoms with Crippen LogP contribution in [0.25, 0.3) is 88.0 Å². The lowest BCUT2D eigenvalue weighted by Crippen LogP contribution is -2.17. The Morgan fingerprint density at radius 2 is 1.44 bits per heavy atom. The lowest BCUT2D eigenvalue weighted by Gasteiger charge is -2.23. The minimum atomic E-state index is -0.306. The smallest absolute Gasteiger partial charge is 0.111 e. The lowest BCUT2D eigenvalue weighted by molar-refractivity contribution is 0.749. The molecule has 3 nitrogen and oxygen atoms in total. The number of aliphatic imine (C=N–C) groups is 1. The zero-order valence-corrected chi connectivity index (χ0v) is 34.9. The van der Waals surface area contributed by atoms with Crippen molar-refractivity contribution in [2.45, 2.75) is 32.1 Å². The van der Waals surface area contributed by atoms with Crippen LogP contribution in [0.1, 0.15) is 43.4 Å². The van der Waals surface area contributed by atoms with Gasteiger partial charge in [-0.2, -0.15) is 0 Å². The van der Waals surface area contributed by atoms with Gasteiger partial charge in [-0.25, -0.2) is 4.99 Å². The molecule has 0 amide bonds. The second kappa shape index (κ2) is 13.9. The molecule has 0 N–H and O–H groups in total. The van der Waals surface area contributed by atoms with Crippen LogP contribution in [0.3, 0.4) is 0 Å². The van der Waals surface area contributed by atoms with E-state index in [2.05, 4.69) is 205 Å². The number of benzene rings is 7. The maximum absolute atomic E-state index is 5.56. The van der Waals surface area contributed by atoms with Crippen molar-refractivity contribution in [1.29, 1.82) is 0 Å². The van der Waals surface area contributed by atoms with Gasteiger partial charge in [0.15, 0.2) is 0 Å². The number of fused-ring (bicyclic) bond motifs is 11. The highest BCUT2D eigenvalue weighted by Gasteiger charge is 2.37. The summed E-state index contributed by atoms with van der Waals surface area (Å²) in [4.78, 5) is 5.56. The highest BCUT2D eigenvalue weighted by Crippen LogP contribution is 2.50. The quantitative estimate of drug-likeness (QED) is 0.0717. The summed E-state index contributed by atoms with van der Waals surface area (Å²) in [6, 6.07) is 51.5. The van der Waals surface area contributed by atoms with E-state index in [9.17, 15) is 0 Å². The van der Waals surface area contributed by atoms with Crippen LogP contribution in [0.15, 0.2) is 211 Å². The molecule has 2 aromatic heterocycles. The van der Waals surface area contributed by atoms with Crippen molar-refractivity contribution in [3.63, 3.8) is 0 Å². The Balaban J connectivity index is 0.998.